The zero-order chi connectivity index (χ0) is 20.8. The van der Waals surface area contributed by atoms with Crippen molar-refractivity contribution in [3.8, 4) is 0 Å². The minimum atomic E-state index is -0.319. The lowest BCUT2D eigenvalue weighted by Gasteiger charge is -2.17. The van der Waals surface area contributed by atoms with E-state index < -0.39 is 0 Å². The van der Waals surface area contributed by atoms with Crippen molar-refractivity contribution in [1.29, 1.82) is 0 Å². The first-order chi connectivity index (χ1) is 14.0. The van der Waals surface area contributed by atoms with Crippen LogP contribution in [-0.2, 0) is 11.3 Å². The van der Waals surface area contributed by atoms with Crippen LogP contribution in [0.25, 0.3) is 0 Å². The first kappa shape index (κ1) is 20.7. The van der Waals surface area contributed by atoms with Gasteiger partial charge in [-0.15, -0.1) is 0 Å². The van der Waals surface area contributed by atoms with Crippen LogP contribution in [0.3, 0.4) is 0 Å². The Bertz CT molecular complexity index is 895. The fraction of sp³-hybridized carbons (Fsp3) is 0.348. The molecule has 0 bridgehead atoms. The lowest BCUT2D eigenvalue weighted by molar-refractivity contribution is -0.121. The number of hydrogen-bond donors (Lipinski definition) is 1. The molecule has 0 spiro atoms. The van der Waals surface area contributed by atoms with Gasteiger partial charge in [0.1, 0.15) is 0 Å². The molecule has 2 aromatic rings. The third-order valence-electron chi connectivity index (χ3n) is 5.02. The van der Waals surface area contributed by atoms with Crippen molar-refractivity contribution in [3.63, 3.8) is 0 Å². The van der Waals surface area contributed by atoms with Crippen molar-refractivity contribution in [2.24, 2.45) is 0 Å². The molecule has 0 aliphatic carbocycles. The van der Waals surface area contributed by atoms with E-state index in [0.29, 0.717) is 17.7 Å². The monoisotopic (exact) mass is 393 g/mol. The fourth-order valence-electron chi connectivity index (χ4n) is 3.46. The van der Waals surface area contributed by atoms with Crippen LogP contribution in [0.2, 0.25) is 0 Å². The van der Waals surface area contributed by atoms with Crippen LogP contribution in [0.15, 0.2) is 48.5 Å². The normalized spacial score (nSPS) is 13.1. The summed E-state index contributed by atoms with van der Waals surface area (Å²) in [6, 6.07) is 15.5. The molecule has 0 aromatic heterocycles. The van der Waals surface area contributed by atoms with E-state index in [1.54, 1.807) is 12.1 Å². The summed E-state index contributed by atoms with van der Waals surface area (Å²) in [6.07, 6.45) is 0.950. The third-order valence-corrected chi connectivity index (χ3v) is 5.02. The summed E-state index contributed by atoms with van der Waals surface area (Å²) in [5, 5.41) is 2.87. The zero-order valence-electron chi connectivity index (χ0n) is 17.0. The van der Waals surface area contributed by atoms with Crippen LogP contribution in [0, 0.1) is 6.92 Å². The molecule has 0 unspecified atom stereocenters. The predicted octanol–water partition coefficient (Wildman–Crippen LogP) is 2.62. The highest BCUT2D eigenvalue weighted by Crippen LogP contribution is 2.23. The van der Waals surface area contributed by atoms with Crippen LogP contribution in [-0.4, -0.2) is 54.2 Å². The number of benzene rings is 2. The molecular weight excluding hydrogens is 366 g/mol. The Morgan fingerprint density at radius 2 is 1.76 bits per heavy atom. The maximum Gasteiger partial charge on any atom is 0.261 e. The van der Waals surface area contributed by atoms with Crippen molar-refractivity contribution in [1.82, 2.24) is 15.1 Å². The average Bonchev–Trinajstić information content (AvgIpc) is 2.94. The Hall–Kier alpha value is -2.99. The van der Waals surface area contributed by atoms with Crippen LogP contribution in [0.1, 0.15) is 44.7 Å². The summed E-state index contributed by atoms with van der Waals surface area (Å²) >= 11 is 0. The fourth-order valence-corrected chi connectivity index (χ4v) is 3.46. The number of carbonyl (C=O) groups excluding carboxylic acids is 3. The molecular formula is C23H27N3O3. The van der Waals surface area contributed by atoms with Gasteiger partial charge in [-0.25, -0.2) is 0 Å². The van der Waals surface area contributed by atoms with Crippen LogP contribution in [0.4, 0.5) is 0 Å². The van der Waals surface area contributed by atoms with Crippen LogP contribution < -0.4 is 5.32 Å². The first-order valence-corrected chi connectivity index (χ1v) is 9.91. The second-order valence-electron chi connectivity index (χ2n) is 7.49. The molecule has 0 saturated heterocycles. The van der Waals surface area contributed by atoms with E-state index in [2.05, 4.69) is 29.4 Å². The van der Waals surface area contributed by atoms with Gasteiger partial charge in [-0.05, 0) is 44.6 Å². The van der Waals surface area contributed by atoms with E-state index in [4.69, 9.17) is 0 Å². The second-order valence-corrected chi connectivity index (χ2v) is 7.49. The van der Waals surface area contributed by atoms with Crippen LogP contribution in [0.5, 0.6) is 0 Å². The van der Waals surface area contributed by atoms with E-state index >= 15 is 0 Å². The standard InChI is InChI=1S/C23H27N3O3/c1-17-9-10-19-20(15-17)23(29)26(22(19)28)14-11-21(27)24-12-6-13-25(2)16-18-7-4-3-5-8-18/h3-5,7-10,15H,6,11-14,16H2,1-2H3,(H,24,27). The molecule has 3 amide bonds. The van der Waals surface area contributed by atoms with Crippen molar-refractivity contribution >= 4 is 17.7 Å². The predicted molar refractivity (Wildman–Crippen MR) is 112 cm³/mol. The number of amides is 3. The minimum Gasteiger partial charge on any atom is -0.356 e. The zero-order valence-corrected chi connectivity index (χ0v) is 17.0. The van der Waals surface area contributed by atoms with Gasteiger partial charge in [0.05, 0.1) is 11.1 Å². The molecule has 0 saturated carbocycles. The highest BCUT2D eigenvalue weighted by Gasteiger charge is 2.35. The summed E-state index contributed by atoms with van der Waals surface area (Å²) in [5.41, 5.74) is 3.04. The topological polar surface area (TPSA) is 69.7 Å². The van der Waals surface area contributed by atoms with Gasteiger partial charge in [0.25, 0.3) is 11.8 Å². The lowest BCUT2D eigenvalue weighted by Crippen LogP contribution is -2.35. The second kappa shape index (κ2) is 9.47. The number of nitrogens with one attached hydrogen (secondary N) is 1. The molecule has 0 atom stereocenters. The number of hydrogen-bond acceptors (Lipinski definition) is 4. The van der Waals surface area contributed by atoms with Crippen molar-refractivity contribution < 1.29 is 14.4 Å². The number of imide groups is 1. The number of rotatable bonds is 9. The van der Waals surface area contributed by atoms with E-state index in [1.807, 2.05) is 31.2 Å². The number of carbonyl (C=O) groups is 3. The van der Waals surface area contributed by atoms with Crippen molar-refractivity contribution in [2.45, 2.75) is 26.3 Å². The summed E-state index contributed by atoms with van der Waals surface area (Å²) in [6.45, 7) is 4.29. The van der Waals surface area contributed by atoms with Gasteiger partial charge in [-0.3, -0.25) is 19.3 Å². The van der Waals surface area contributed by atoms with Gasteiger partial charge < -0.3 is 10.2 Å². The molecule has 2 aromatic carbocycles. The first-order valence-electron chi connectivity index (χ1n) is 9.91. The van der Waals surface area contributed by atoms with Crippen LogP contribution >= 0.6 is 0 Å². The minimum absolute atomic E-state index is 0.102. The number of nitrogens with zero attached hydrogens (tertiary/aromatic N) is 2. The molecule has 3 rings (SSSR count). The number of fused-ring (bicyclic) bond motifs is 1. The van der Waals surface area contributed by atoms with E-state index in [9.17, 15) is 14.4 Å². The van der Waals surface area contributed by atoms with Crippen molar-refractivity contribution in [3.05, 3.63) is 70.8 Å². The molecule has 6 heteroatoms. The highest BCUT2D eigenvalue weighted by atomic mass is 16.2. The van der Waals surface area contributed by atoms with Gasteiger partial charge in [-0.2, -0.15) is 0 Å². The van der Waals surface area contributed by atoms with Gasteiger partial charge in [-0.1, -0.05) is 42.0 Å². The van der Waals surface area contributed by atoms with E-state index in [-0.39, 0.29) is 30.7 Å². The molecule has 6 nitrogen and oxygen atoms in total. The maximum absolute atomic E-state index is 12.4. The molecule has 0 fully saturated rings. The quantitative estimate of drug-likeness (QED) is 0.525. The Morgan fingerprint density at radius 1 is 1.03 bits per heavy atom. The Balaban J connectivity index is 1.36. The largest absolute Gasteiger partial charge is 0.356 e. The molecule has 1 N–H and O–H groups in total. The van der Waals surface area contributed by atoms with Gasteiger partial charge >= 0.3 is 0 Å². The molecule has 1 aliphatic heterocycles. The molecule has 152 valence electrons. The van der Waals surface area contributed by atoms with Gasteiger partial charge in [0, 0.05) is 26.1 Å². The number of aryl methyl sites for hydroxylation is 1. The third kappa shape index (κ3) is 5.29. The lowest BCUT2D eigenvalue weighted by atomic mass is 10.1. The Kier molecular flexibility index (Phi) is 6.77. The molecule has 1 heterocycles. The van der Waals surface area contributed by atoms with Gasteiger partial charge in [0.2, 0.25) is 5.91 Å². The van der Waals surface area contributed by atoms with Crippen molar-refractivity contribution in [2.75, 3.05) is 26.7 Å². The Morgan fingerprint density at radius 3 is 2.52 bits per heavy atom. The smallest absolute Gasteiger partial charge is 0.261 e. The molecule has 1 aliphatic rings. The van der Waals surface area contributed by atoms with Gasteiger partial charge in [0.15, 0.2) is 0 Å². The Labute approximate surface area is 171 Å². The average molecular weight is 393 g/mol. The SMILES string of the molecule is Cc1ccc2c(c1)C(=O)N(CCC(=O)NCCCN(C)Cc1ccccc1)C2=O. The van der Waals surface area contributed by atoms with E-state index in [1.165, 1.54) is 5.56 Å². The summed E-state index contributed by atoms with van der Waals surface area (Å²) in [4.78, 5) is 40.3. The van der Waals surface area contributed by atoms with E-state index in [0.717, 1.165) is 30.0 Å². The summed E-state index contributed by atoms with van der Waals surface area (Å²) in [5.74, 6) is -0.784. The highest BCUT2D eigenvalue weighted by molar-refractivity contribution is 6.21. The summed E-state index contributed by atoms with van der Waals surface area (Å²) in [7, 11) is 2.05. The molecule has 0 radical (unpaired) electrons. The maximum atomic E-state index is 12.4. The molecule has 29 heavy (non-hydrogen) atoms. The summed E-state index contributed by atoms with van der Waals surface area (Å²) < 4.78 is 0.